The Kier molecular flexibility index (Phi) is 4.53. The van der Waals surface area contributed by atoms with Crippen LogP contribution in [0.5, 0.6) is 0 Å². The van der Waals surface area contributed by atoms with Crippen molar-refractivity contribution in [3.05, 3.63) is 35.4 Å². The number of carbonyl (C=O) groups excluding carboxylic acids is 1. The van der Waals surface area contributed by atoms with Crippen molar-refractivity contribution in [1.29, 1.82) is 5.26 Å². The van der Waals surface area contributed by atoms with E-state index in [0.29, 0.717) is 13.0 Å². The molecule has 0 spiro atoms. The van der Waals surface area contributed by atoms with Crippen molar-refractivity contribution in [3.63, 3.8) is 0 Å². The van der Waals surface area contributed by atoms with Gasteiger partial charge in [-0.1, -0.05) is 24.3 Å². The van der Waals surface area contributed by atoms with Crippen LogP contribution in [0, 0.1) is 24.2 Å². The molecule has 3 nitrogen and oxygen atoms in total. The third kappa shape index (κ3) is 3.09. The van der Waals surface area contributed by atoms with E-state index in [1.165, 1.54) is 0 Å². The molecule has 0 aliphatic carbocycles. The minimum Gasteiger partial charge on any atom is -0.465 e. The lowest BCUT2D eigenvalue weighted by atomic mass is 9.97. The molecule has 0 radical (unpaired) electrons. The standard InChI is InChI=1S/C13H15NO2/c1-3-16-13(15)12(9-14)8-11-7-5-4-6-10(11)2/h4-7,12H,3,8H2,1-2H3/t12-/m1/s1. The van der Waals surface area contributed by atoms with Gasteiger partial charge in [-0.15, -0.1) is 0 Å². The molecular weight excluding hydrogens is 202 g/mol. The first kappa shape index (κ1) is 12.3. The molecule has 1 aromatic carbocycles. The monoisotopic (exact) mass is 217 g/mol. The first-order valence-electron chi connectivity index (χ1n) is 5.29. The van der Waals surface area contributed by atoms with E-state index >= 15 is 0 Å². The average Bonchev–Trinajstić information content (AvgIpc) is 2.28. The predicted octanol–water partition coefficient (Wildman–Crippen LogP) is 2.24. The highest BCUT2D eigenvalue weighted by Crippen LogP contribution is 2.14. The van der Waals surface area contributed by atoms with E-state index in [9.17, 15) is 4.79 Å². The van der Waals surface area contributed by atoms with Crippen molar-refractivity contribution in [2.75, 3.05) is 6.61 Å². The van der Waals surface area contributed by atoms with E-state index in [0.717, 1.165) is 11.1 Å². The van der Waals surface area contributed by atoms with Gasteiger partial charge in [0.15, 0.2) is 0 Å². The maximum atomic E-state index is 11.4. The van der Waals surface area contributed by atoms with Gasteiger partial charge in [-0.25, -0.2) is 0 Å². The molecule has 1 aromatic rings. The van der Waals surface area contributed by atoms with Crippen molar-refractivity contribution in [2.45, 2.75) is 20.3 Å². The summed E-state index contributed by atoms with van der Waals surface area (Å²) >= 11 is 0. The molecule has 0 heterocycles. The number of nitrogens with zero attached hydrogens (tertiary/aromatic N) is 1. The van der Waals surface area contributed by atoms with Crippen LogP contribution in [0.3, 0.4) is 0 Å². The number of hydrogen-bond acceptors (Lipinski definition) is 3. The smallest absolute Gasteiger partial charge is 0.323 e. The van der Waals surface area contributed by atoms with Crippen LogP contribution < -0.4 is 0 Å². The number of hydrogen-bond donors (Lipinski definition) is 0. The van der Waals surface area contributed by atoms with Gasteiger partial charge in [0.1, 0.15) is 5.92 Å². The van der Waals surface area contributed by atoms with Crippen LogP contribution in [-0.4, -0.2) is 12.6 Å². The summed E-state index contributed by atoms with van der Waals surface area (Å²) in [6, 6.07) is 9.72. The van der Waals surface area contributed by atoms with Crippen LogP contribution in [-0.2, 0) is 16.0 Å². The van der Waals surface area contributed by atoms with E-state index in [1.807, 2.05) is 37.3 Å². The second kappa shape index (κ2) is 5.92. The Labute approximate surface area is 95.7 Å². The maximum Gasteiger partial charge on any atom is 0.323 e. The summed E-state index contributed by atoms with van der Waals surface area (Å²) in [7, 11) is 0. The molecule has 0 aromatic heterocycles. The summed E-state index contributed by atoms with van der Waals surface area (Å²) < 4.78 is 4.85. The molecule has 1 atom stereocenters. The summed E-state index contributed by atoms with van der Waals surface area (Å²) in [4.78, 5) is 11.4. The Morgan fingerprint density at radius 2 is 2.19 bits per heavy atom. The topological polar surface area (TPSA) is 50.1 Å². The molecule has 0 aliphatic rings. The third-order valence-electron chi connectivity index (χ3n) is 2.41. The minimum atomic E-state index is -0.707. The van der Waals surface area contributed by atoms with Gasteiger partial charge < -0.3 is 4.74 Å². The number of carbonyl (C=O) groups is 1. The fraction of sp³-hybridized carbons (Fsp3) is 0.385. The lowest BCUT2D eigenvalue weighted by Gasteiger charge is -2.10. The summed E-state index contributed by atoms with van der Waals surface area (Å²) in [6.07, 6.45) is 0.419. The molecule has 0 fully saturated rings. The van der Waals surface area contributed by atoms with Gasteiger partial charge >= 0.3 is 5.97 Å². The summed E-state index contributed by atoms with van der Waals surface area (Å²) in [5, 5.41) is 8.92. The number of rotatable bonds is 4. The Balaban J connectivity index is 2.75. The molecule has 0 amide bonds. The van der Waals surface area contributed by atoms with E-state index in [-0.39, 0.29) is 0 Å². The number of benzene rings is 1. The molecule has 0 bridgehead atoms. The molecular formula is C13H15NO2. The Morgan fingerprint density at radius 1 is 1.50 bits per heavy atom. The van der Waals surface area contributed by atoms with Crippen LogP contribution >= 0.6 is 0 Å². The number of esters is 1. The molecule has 16 heavy (non-hydrogen) atoms. The van der Waals surface area contributed by atoms with Gasteiger partial charge in [0.2, 0.25) is 0 Å². The van der Waals surface area contributed by atoms with Gasteiger partial charge in [0, 0.05) is 0 Å². The van der Waals surface area contributed by atoms with Gasteiger partial charge in [-0.3, -0.25) is 4.79 Å². The lowest BCUT2D eigenvalue weighted by Crippen LogP contribution is -2.18. The molecule has 0 N–H and O–H groups in total. The van der Waals surface area contributed by atoms with Crippen molar-refractivity contribution in [2.24, 2.45) is 5.92 Å². The quantitative estimate of drug-likeness (QED) is 0.727. The second-order valence-electron chi connectivity index (χ2n) is 3.56. The first-order chi connectivity index (χ1) is 7.69. The summed E-state index contributed by atoms with van der Waals surface area (Å²) in [5.41, 5.74) is 2.11. The normalized spacial score (nSPS) is 11.6. The number of aryl methyl sites for hydroxylation is 1. The van der Waals surface area contributed by atoms with Crippen LogP contribution in [0.1, 0.15) is 18.1 Å². The van der Waals surface area contributed by atoms with Crippen LogP contribution in [0.2, 0.25) is 0 Å². The van der Waals surface area contributed by atoms with Gasteiger partial charge in [0.25, 0.3) is 0 Å². The largest absolute Gasteiger partial charge is 0.465 e. The Morgan fingerprint density at radius 3 is 2.75 bits per heavy atom. The zero-order valence-electron chi connectivity index (χ0n) is 9.56. The van der Waals surface area contributed by atoms with Crippen LogP contribution in [0.4, 0.5) is 0 Å². The van der Waals surface area contributed by atoms with Crippen molar-refractivity contribution >= 4 is 5.97 Å². The highest BCUT2D eigenvalue weighted by molar-refractivity contribution is 5.75. The predicted molar refractivity (Wildman–Crippen MR) is 60.6 cm³/mol. The fourth-order valence-electron chi connectivity index (χ4n) is 1.48. The third-order valence-corrected chi connectivity index (χ3v) is 2.41. The van der Waals surface area contributed by atoms with Gasteiger partial charge in [0.05, 0.1) is 12.7 Å². The average molecular weight is 217 g/mol. The molecule has 84 valence electrons. The zero-order valence-corrected chi connectivity index (χ0v) is 9.56. The SMILES string of the molecule is CCOC(=O)[C@@H](C#N)Cc1ccccc1C. The molecule has 0 aliphatic heterocycles. The summed E-state index contributed by atoms with van der Waals surface area (Å²) in [5.74, 6) is -1.14. The summed E-state index contributed by atoms with van der Waals surface area (Å²) in [6.45, 7) is 4.01. The number of ether oxygens (including phenoxy) is 1. The van der Waals surface area contributed by atoms with E-state index in [2.05, 4.69) is 0 Å². The Hall–Kier alpha value is -1.82. The molecule has 0 saturated carbocycles. The van der Waals surface area contributed by atoms with E-state index < -0.39 is 11.9 Å². The molecule has 0 unspecified atom stereocenters. The van der Waals surface area contributed by atoms with Crippen molar-refractivity contribution in [1.82, 2.24) is 0 Å². The minimum absolute atomic E-state index is 0.310. The van der Waals surface area contributed by atoms with Crippen molar-refractivity contribution in [3.8, 4) is 6.07 Å². The van der Waals surface area contributed by atoms with Crippen molar-refractivity contribution < 1.29 is 9.53 Å². The molecule has 1 rings (SSSR count). The van der Waals surface area contributed by atoms with Gasteiger partial charge in [-0.05, 0) is 31.4 Å². The van der Waals surface area contributed by atoms with Crippen LogP contribution in [0.25, 0.3) is 0 Å². The van der Waals surface area contributed by atoms with Crippen LogP contribution in [0.15, 0.2) is 24.3 Å². The fourth-order valence-corrected chi connectivity index (χ4v) is 1.48. The maximum absolute atomic E-state index is 11.4. The highest BCUT2D eigenvalue weighted by atomic mass is 16.5. The first-order valence-corrected chi connectivity index (χ1v) is 5.29. The van der Waals surface area contributed by atoms with E-state index in [4.69, 9.17) is 10.00 Å². The molecule has 3 heteroatoms. The number of nitriles is 1. The highest BCUT2D eigenvalue weighted by Gasteiger charge is 2.20. The second-order valence-corrected chi connectivity index (χ2v) is 3.56. The zero-order chi connectivity index (χ0) is 12.0. The van der Waals surface area contributed by atoms with Gasteiger partial charge in [-0.2, -0.15) is 5.26 Å². The Bertz CT molecular complexity index is 407. The van der Waals surface area contributed by atoms with E-state index in [1.54, 1.807) is 6.92 Å². The lowest BCUT2D eigenvalue weighted by molar-refractivity contribution is -0.145. The molecule has 0 saturated heterocycles.